The highest BCUT2D eigenvalue weighted by molar-refractivity contribution is 6.10. The second kappa shape index (κ2) is 16.6. The lowest BCUT2D eigenvalue weighted by Crippen LogP contribution is -2.01. The Morgan fingerprint density at radius 3 is 0.737 bits per heavy atom. The number of para-hydroxylation sites is 4. The lowest BCUT2D eigenvalue weighted by molar-refractivity contribution is 0.668. The first kappa shape index (κ1) is 42.2. The van der Waals surface area contributed by atoms with Crippen molar-refractivity contribution in [2.45, 2.75) is 0 Å². The molecule has 16 rings (SSSR count). The second-order valence-electron chi connectivity index (χ2n) is 19.5. The van der Waals surface area contributed by atoms with Crippen LogP contribution in [0.2, 0.25) is 0 Å². The molecule has 5 heterocycles. The lowest BCUT2D eigenvalue weighted by Gasteiger charge is -2.14. The Hall–Kier alpha value is -10.4. The summed E-state index contributed by atoms with van der Waals surface area (Å²) in [5, 5.41) is 8.49. The third-order valence-corrected chi connectivity index (χ3v) is 14.9. The number of rotatable bonds is 7. The molecule has 0 N–H and O–H groups in total. The molecule has 11 aromatic carbocycles. The van der Waals surface area contributed by atoms with E-state index in [0.717, 1.165) is 149 Å². The molecule has 7 heteroatoms. The minimum absolute atomic E-state index is 0.543. The zero-order valence-corrected chi connectivity index (χ0v) is 40.5. The van der Waals surface area contributed by atoms with E-state index in [-0.39, 0.29) is 0 Å². The second-order valence-corrected chi connectivity index (χ2v) is 19.5. The van der Waals surface area contributed by atoms with Gasteiger partial charge in [0.25, 0.3) is 0 Å². The van der Waals surface area contributed by atoms with Gasteiger partial charge in [-0.25, -0.2) is 15.0 Å². The molecule has 354 valence electrons. The topological polar surface area (TPSA) is 91.2 Å². The highest BCUT2D eigenvalue weighted by Crippen LogP contribution is 2.42. The van der Waals surface area contributed by atoms with Crippen LogP contribution in [0.3, 0.4) is 0 Å². The van der Waals surface area contributed by atoms with Gasteiger partial charge in [-0.1, -0.05) is 127 Å². The van der Waals surface area contributed by atoms with Gasteiger partial charge in [-0.3, -0.25) is 0 Å². The van der Waals surface area contributed by atoms with Gasteiger partial charge in [-0.05, 0) is 154 Å². The summed E-state index contributed by atoms with van der Waals surface area (Å²) >= 11 is 0. The molecule has 5 aromatic heterocycles. The molecule has 7 nitrogen and oxygen atoms in total. The zero-order valence-electron chi connectivity index (χ0n) is 40.5. The van der Waals surface area contributed by atoms with E-state index in [9.17, 15) is 0 Å². The molecule has 0 radical (unpaired) electrons. The molecule has 0 saturated carbocycles. The van der Waals surface area contributed by atoms with Crippen LogP contribution >= 0.6 is 0 Å². The van der Waals surface area contributed by atoms with Crippen molar-refractivity contribution in [1.82, 2.24) is 15.0 Å². The van der Waals surface area contributed by atoms with E-state index in [4.69, 9.17) is 32.6 Å². The summed E-state index contributed by atoms with van der Waals surface area (Å²) in [7, 11) is 0. The molecular weight excluding hydrogens is 935 g/mol. The van der Waals surface area contributed by atoms with Crippen molar-refractivity contribution in [1.29, 1.82) is 0 Å². The molecule has 0 amide bonds. The van der Waals surface area contributed by atoms with Crippen molar-refractivity contribution in [3.8, 4) is 78.7 Å². The van der Waals surface area contributed by atoms with Crippen LogP contribution in [-0.2, 0) is 0 Å². The van der Waals surface area contributed by atoms with E-state index >= 15 is 0 Å². The molecular formula is C69H39N3O4. The number of hydrogen-bond donors (Lipinski definition) is 0. The monoisotopic (exact) mass is 973 g/mol. The van der Waals surface area contributed by atoms with Crippen molar-refractivity contribution < 1.29 is 17.7 Å². The average Bonchev–Trinajstić information content (AvgIpc) is 4.28. The normalized spacial score (nSPS) is 11.9. The Balaban J connectivity index is 0.925. The summed E-state index contributed by atoms with van der Waals surface area (Å²) < 4.78 is 25.2. The predicted molar refractivity (Wildman–Crippen MR) is 307 cm³/mol. The van der Waals surface area contributed by atoms with Crippen molar-refractivity contribution in [2.75, 3.05) is 0 Å². The van der Waals surface area contributed by atoms with Crippen molar-refractivity contribution in [3.05, 3.63) is 237 Å². The number of aromatic nitrogens is 3. The Morgan fingerprint density at radius 2 is 0.421 bits per heavy atom. The molecule has 0 spiro atoms. The van der Waals surface area contributed by atoms with E-state index in [2.05, 4.69) is 170 Å². The van der Waals surface area contributed by atoms with Crippen LogP contribution in [0.1, 0.15) is 0 Å². The number of fused-ring (bicyclic) bond motifs is 12. The smallest absolute Gasteiger partial charge is 0.164 e. The molecule has 0 aliphatic carbocycles. The van der Waals surface area contributed by atoms with Gasteiger partial charge in [0.05, 0.1) is 0 Å². The summed E-state index contributed by atoms with van der Waals surface area (Å²) in [5.41, 5.74) is 17.5. The first-order valence-corrected chi connectivity index (χ1v) is 25.4. The summed E-state index contributed by atoms with van der Waals surface area (Å²) in [6, 6.07) is 82.0. The molecule has 0 atom stereocenters. The quantitative estimate of drug-likeness (QED) is 0.157. The SMILES string of the molecule is c1ccc(-c2nc(-c3cc(-c4ccc5oc6ccccc6c5c4)cc(-c4ccc5oc6ccccc6c5c4)c3)nc(-c3cc(-c4ccc5oc6ccccc6c5c4)cc(-c4ccc5oc6ccccc6c5c4)c3)n2)cc1. The highest BCUT2D eigenvalue weighted by Gasteiger charge is 2.20. The minimum Gasteiger partial charge on any atom is -0.456 e. The highest BCUT2D eigenvalue weighted by atomic mass is 16.3. The molecule has 0 aliphatic rings. The third kappa shape index (κ3) is 6.94. The fraction of sp³-hybridized carbons (Fsp3) is 0. The van der Waals surface area contributed by atoms with Gasteiger partial charge in [0.15, 0.2) is 17.5 Å². The van der Waals surface area contributed by atoms with E-state index in [1.165, 1.54) is 0 Å². The maximum atomic E-state index is 6.30. The molecule has 76 heavy (non-hydrogen) atoms. The Kier molecular flexibility index (Phi) is 9.20. The standard InChI is InChI=1S/C69H39N3O4/c1-2-12-40(13-3-1)67-70-68(49-32-45(41-22-26-63-55(36-41)51-14-4-8-18-59(51)73-63)30-46(33-49)42-23-27-64-56(37-42)52-15-5-9-19-60(52)74-64)72-69(71-67)50-34-47(43-24-28-65-57(38-43)53-16-6-10-20-61(53)75-65)31-48(35-50)44-25-29-66-58(39-44)54-17-7-11-21-62(54)76-66/h1-39H. The van der Waals surface area contributed by atoms with Crippen LogP contribution in [0.5, 0.6) is 0 Å². The minimum atomic E-state index is 0.543. The molecule has 0 saturated heterocycles. The van der Waals surface area contributed by atoms with E-state index in [1.54, 1.807) is 0 Å². The van der Waals surface area contributed by atoms with Crippen LogP contribution in [0, 0.1) is 0 Å². The summed E-state index contributed by atoms with van der Waals surface area (Å²) in [4.78, 5) is 16.2. The molecule has 0 unspecified atom stereocenters. The largest absolute Gasteiger partial charge is 0.456 e. The van der Waals surface area contributed by atoms with Crippen LogP contribution in [0.25, 0.3) is 166 Å². The van der Waals surface area contributed by atoms with E-state index in [0.29, 0.717) is 17.5 Å². The fourth-order valence-corrected chi connectivity index (χ4v) is 11.2. The van der Waals surface area contributed by atoms with E-state index in [1.807, 2.05) is 66.7 Å². The molecule has 0 fully saturated rings. The number of hydrogen-bond acceptors (Lipinski definition) is 7. The van der Waals surface area contributed by atoms with Gasteiger partial charge in [-0.15, -0.1) is 0 Å². The van der Waals surface area contributed by atoms with Crippen LogP contribution < -0.4 is 0 Å². The summed E-state index contributed by atoms with van der Waals surface area (Å²) in [5.74, 6) is 1.65. The van der Waals surface area contributed by atoms with Crippen LogP contribution in [-0.4, -0.2) is 15.0 Å². The van der Waals surface area contributed by atoms with Gasteiger partial charge >= 0.3 is 0 Å². The van der Waals surface area contributed by atoms with Crippen molar-refractivity contribution >= 4 is 87.8 Å². The van der Waals surface area contributed by atoms with Crippen molar-refractivity contribution in [2.24, 2.45) is 0 Å². The number of furan rings is 4. The van der Waals surface area contributed by atoms with Gasteiger partial charge < -0.3 is 17.7 Å². The summed E-state index contributed by atoms with van der Waals surface area (Å²) in [6.45, 7) is 0. The van der Waals surface area contributed by atoms with Crippen LogP contribution in [0.15, 0.2) is 254 Å². The lowest BCUT2D eigenvalue weighted by atomic mass is 9.94. The van der Waals surface area contributed by atoms with E-state index < -0.39 is 0 Å². The van der Waals surface area contributed by atoms with Gasteiger partial charge in [0, 0.05) is 59.8 Å². The molecule has 0 bridgehead atoms. The first-order valence-electron chi connectivity index (χ1n) is 25.4. The third-order valence-electron chi connectivity index (χ3n) is 14.9. The average molecular weight is 974 g/mol. The zero-order chi connectivity index (χ0) is 49.8. The predicted octanol–water partition coefficient (Wildman–Crippen LogP) is 19.1. The Morgan fingerprint density at radius 1 is 0.171 bits per heavy atom. The van der Waals surface area contributed by atoms with Crippen LogP contribution in [0.4, 0.5) is 0 Å². The Labute approximate surface area is 433 Å². The molecule has 16 aromatic rings. The first-order chi connectivity index (χ1) is 37.6. The molecule has 0 aliphatic heterocycles. The van der Waals surface area contributed by atoms with Gasteiger partial charge in [-0.2, -0.15) is 0 Å². The van der Waals surface area contributed by atoms with Gasteiger partial charge in [0.2, 0.25) is 0 Å². The van der Waals surface area contributed by atoms with Crippen molar-refractivity contribution in [3.63, 3.8) is 0 Å². The fourth-order valence-electron chi connectivity index (χ4n) is 11.2. The Bertz CT molecular complexity index is 4460. The maximum Gasteiger partial charge on any atom is 0.164 e. The number of benzene rings is 11. The number of nitrogens with zero attached hydrogens (tertiary/aromatic N) is 3. The summed E-state index contributed by atoms with van der Waals surface area (Å²) in [6.07, 6.45) is 0. The maximum absolute atomic E-state index is 6.30. The van der Waals surface area contributed by atoms with Gasteiger partial charge in [0.1, 0.15) is 44.7 Å².